The van der Waals surface area contributed by atoms with Gasteiger partial charge in [0, 0.05) is 49.7 Å². The van der Waals surface area contributed by atoms with Crippen molar-refractivity contribution in [1.29, 1.82) is 0 Å². The predicted molar refractivity (Wildman–Crippen MR) is 166 cm³/mol. The maximum absolute atomic E-state index is 16.1. The van der Waals surface area contributed by atoms with Crippen LogP contribution in [0.4, 0.5) is 14.5 Å². The maximum Gasteiger partial charge on any atom is 0.277 e. The summed E-state index contributed by atoms with van der Waals surface area (Å²) >= 11 is 0. The van der Waals surface area contributed by atoms with Gasteiger partial charge in [-0.2, -0.15) is 0 Å². The van der Waals surface area contributed by atoms with Crippen LogP contribution in [-0.4, -0.2) is 76.3 Å². The molecule has 1 aliphatic heterocycles. The molecule has 3 aromatic heterocycles. The van der Waals surface area contributed by atoms with Crippen LogP contribution in [0.5, 0.6) is 5.75 Å². The molecule has 1 amide bonds. The van der Waals surface area contributed by atoms with Crippen molar-refractivity contribution in [3.63, 3.8) is 0 Å². The van der Waals surface area contributed by atoms with Gasteiger partial charge < -0.3 is 14.9 Å². The highest BCUT2D eigenvalue weighted by Crippen LogP contribution is 2.48. The molecule has 7 rings (SSSR count). The number of anilines is 1. The highest BCUT2D eigenvalue weighted by atomic mass is 32.2. The average molecular weight is 649 g/mol. The van der Waals surface area contributed by atoms with Crippen LogP contribution in [-0.2, 0) is 14.6 Å². The number of aromatic hydroxyl groups is 1. The topological polar surface area (TPSA) is 139 Å². The molecule has 11 nitrogen and oxygen atoms in total. The van der Waals surface area contributed by atoms with E-state index < -0.39 is 48.9 Å². The molecule has 2 aliphatic carbocycles. The maximum atomic E-state index is 16.1. The van der Waals surface area contributed by atoms with Crippen molar-refractivity contribution in [2.75, 3.05) is 37.3 Å². The lowest BCUT2D eigenvalue weighted by Crippen LogP contribution is -2.49. The Bertz CT molecular complexity index is 2070. The van der Waals surface area contributed by atoms with Crippen LogP contribution in [0.1, 0.15) is 48.9 Å². The molecule has 0 spiro atoms. The van der Waals surface area contributed by atoms with Gasteiger partial charge in [-0.3, -0.25) is 14.2 Å². The fourth-order valence-corrected chi connectivity index (χ4v) is 7.25. The summed E-state index contributed by atoms with van der Waals surface area (Å²) in [6, 6.07) is 4.54. The van der Waals surface area contributed by atoms with Crippen molar-refractivity contribution < 1.29 is 27.1 Å². The molecule has 1 N–H and O–H groups in total. The number of nitrogens with zero attached hydrogens (tertiary/aromatic N) is 6. The van der Waals surface area contributed by atoms with E-state index in [1.54, 1.807) is 4.90 Å². The smallest absolute Gasteiger partial charge is 0.277 e. The zero-order chi connectivity index (χ0) is 32.5. The number of carbonyl (C=O) groups is 1. The third-order valence-corrected chi connectivity index (χ3v) is 9.86. The molecule has 3 aliphatic rings. The third kappa shape index (κ3) is 5.00. The molecule has 0 radical (unpaired) electrons. The van der Waals surface area contributed by atoms with Gasteiger partial charge in [0.25, 0.3) is 5.56 Å². The van der Waals surface area contributed by atoms with E-state index in [0.29, 0.717) is 17.1 Å². The predicted octanol–water partition coefficient (Wildman–Crippen LogP) is 3.82. The van der Waals surface area contributed by atoms with Gasteiger partial charge in [-0.25, -0.2) is 32.2 Å². The summed E-state index contributed by atoms with van der Waals surface area (Å²) in [5.41, 5.74) is -0.725. The Labute approximate surface area is 262 Å². The first-order valence-corrected chi connectivity index (χ1v) is 16.9. The molecule has 1 saturated heterocycles. The van der Waals surface area contributed by atoms with Gasteiger partial charge >= 0.3 is 0 Å². The summed E-state index contributed by atoms with van der Waals surface area (Å²) < 4.78 is 59.5. The number of hydrogen-bond acceptors (Lipinski definition) is 9. The standard InChI is InChI=1S/C32H30F2N6O5S/c1-3-23(42)38-11-13-39(14-12-38)28-19-15-21(34)27(24-20(33)5-4-6-22(24)41)37-31(19)40(32(43)30(28)46(2,44)45)29-25(17-7-8-17)35-16-36-26(29)18-9-10-18/h3-6,15-18,41H,1,7-14H2,2H3. The van der Waals surface area contributed by atoms with E-state index >= 15 is 8.78 Å². The van der Waals surface area contributed by atoms with Gasteiger partial charge in [0.15, 0.2) is 26.2 Å². The first kappa shape index (κ1) is 30.0. The van der Waals surface area contributed by atoms with E-state index in [-0.39, 0.29) is 60.6 Å². The normalized spacial score (nSPS) is 17.0. The molecule has 238 valence electrons. The van der Waals surface area contributed by atoms with Crippen molar-refractivity contribution in [2.45, 2.75) is 42.4 Å². The number of phenolic OH excluding ortho intramolecular Hbond substituents is 1. The largest absolute Gasteiger partial charge is 0.507 e. The number of phenols is 1. The van der Waals surface area contributed by atoms with Crippen molar-refractivity contribution in [3.05, 3.63) is 76.6 Å². The molecule has 2 saturated carbocycles. The number of halogens is 2. The minimum Gasteiger partial charge on any atom is -0.507 e. The number of pyridine rings is 2. The SMILES string of the molecule is C=CC(=O)N1CCN(c2c(S(C)(=O)=O)c(=O)n(-c3c(C4CC4)ncnc3C3CC3)c3nc(-c4c(O)cccc4F)c(F)cc23)CC1. The van der Waals surface area contributed by atoms with Crippen LogP contribution in [0.2, 0.25) is 0 Å². The Morgan fingerprint density at radius 3 is 2.17 bits per heavy atom. The molecule has 1 aromatic carbocycles. The Morgan fingerprint density at radius 2 is 1.63 bits per heavy atom. The quantitative estimate of drug-likeness (QED) is 0.297. The number of aromatic nitrogens is 4. The molecule has 46 heavy (non-hydrogen) atoms. The molecular formula is C32H30F2N6O5S. The van der Waals surface area contributed by atoms with Gasteiger partial charge in [-0.1, -0.05) is 12.6 Å². The van der Waals surface area contributed by atoms with Crippen LogP contribution in [0.25, 0.3) is 28.0 Å². The summed E-state index contributed by atoms with van der Waals surface area (Å²) in [7, 11) is -4.26. The number of benzene rings is 1. The fraction of sp³-hybridized carbons (Fsp3) is 0.344. The van der Waals surface area contributed by atoms with Crippen LogP contribution in [0, 0.1) is 11.6 Å². The summed E-state index contributed by atoms with van der Waals surface area (Å²) in [5, 5.41) is 10.6. The van der Waals surface area contributed by atoms with E-state index in [9.17, 15) is 23.1 Å². The van der Waals surface area contributed by atoms with Crippen LogP contribution in [0.3, 0.4) is 0 Å². The van der Waals surface area contributed by atoms with E-state index in [2.05, 4.69) is 21.5 Å². The Hall–Kier alpha value is -4.72. The van der Waals surface area contributed by atoms with E-state index in [1.165, 1.54) is 29.4 Å². The van der Waals surface area contributed by atoms with Crippen LogP contribution in [0.15, 0.2) is 52.9 Å². The van der Waals surface area contributed by atoms with E-state index in [4.69, 9.17) is 0 Å². The minimum atomic E-state index is -4.26. The highest BCUT2D eigenvalue weighted by Gasteiger charge is 2.38. The second-order valence-corrected chi connectivity index (χ2v) is 13.9. The van der Waals surface area contributed by atoms with Crippen molar-refractivity contribution >= 4 is 32.5 Å². The zero-order valence-electron chi connectivity index (χ0n) is 24.9. The number of amides is 1. The fourth-order valence-electron chi connectivity index (χ4n) is 6.25. The zero-order valence-corrected chi connectivity index (χ0v) is 25.7. The monoisotopic (exact) mass is 648 g/mol. The molecular weight excluding hydrogens is 618 g/mol. The summed E-state index contributed by atoms with van der Waals surface area (Å²) in [5.74, 6) is -2.82. The lowest BCUT2D eigenvalue weighted by molar-refractivity contribution is -0.126. The van der Waals surface area contributed by atoms with Crippen LogP contribution < -0.4 is 10.5 Å². The highest BCUT2D eigenvalue weighted by molar-refractivity contribution is 7.90. The van der Waals surface area contributed by atoms with Crippen molar-refractivity contribution in [1.82, 2.24) is 24.4 Å². The summed E-state index contributed by atoms with van der Waals surface area (Å²) in [6.45, 7) is 4.17. The Morgan fingerprint density at radius 1 is 1.00 bits per heavy atom. The van der Waals surface area contributed by atoms with E-state index in [1.807, 2.05) is 0 Å². The van der Waals surface area contributed by atoms with Gasteiger partial charge in [-0.15, -0.1) is 0 Å². The number of fused-ring (bicyclic) bond motifs is 1. The molecule has 4 heterocycles. The molecule has 14 heteroatoms. The first-order chi connectivity index (χ1) is 22.0. The number of carbonyl (C=O) groups excluding carboxylic acids is 1. The molecule has 4 aromatic rings. The van der Waals surface area contributed by atoms with Crippen LogP contribution >= 0.6 is 0 Å². The lowest BCUT2D eigenvalue weighted by atomic mass is 10.1. The number of hydrogen-bond donors (Lipinski definition) is 1. The molecule has 0 bridgehead atoms. The van der Waals surface area contributed by atoms with Gasteiger partial charge in [-0.05, 0) is 50.0 Å². The average Bonchev–Trinajstić information content (AvgIpc) is 3.94. The van der Waals surface area contributed by atoms with Gasteiger partial charge in [0.1, 0.15) is 23.6 Å². The lowest BCUT2D eigenvalue weighted by Gasteiger charge is -2.37. The number of piperazine rings is 1. The number of rotatable bonds is 7. The van der Waals surface area contributed by atoms with Crippen molar-refractivity contribution in [3.8, 4) is 22.7 Å². The Balaban J connectivity index is 1.60. The first-order valence-electron chi connectivity index (χ1n) is 15.0. The molecule has 0 unspecified atom stereocenters. The second kappa shape index (κ2) is 11.0. The minimum absolute atomic E-state index is 0.00446. The molecule has 0 atom stereocenters. The summed E-state index contributed by atoms with van der Waals surface area (Å²) in [4.78, 5) is 43.2. The second-order valence-electron chi connectivity index (χ2n) is 12.0. The Kier molecular flexibility index (Phi) is 7.14. The third-order valence-electron chi connectivity index (χ3n) is 8.75. The van der Waals surface area contributed by atoms with Gasteiger partial charge in [0.2, 0.25) is 5.91 Å². The molecule has 3 fully saturated rings. The van der Waals surface area contributed by atoms with E-state index in [0.717, 1.165) is 48.6 Å². The van der Waals surface area contributed by atoms with Gasteiger partial charge in [0.05, 0.1) is 28.3 Å². The van der Waals surface area contributed by atoms with Crippen molar-refractivity contribution in [2.24, 2.45) is 0 Å². The summed E-state index contributed by atoms with van der Waals surface area (Å²) in [6.07, 6.45) is 6.77. The number of sulfone groups is 1.